The molecule has 0 spiro atoms. The molecule has 16 heavy (non-hydrogen) atoms. The van der Waals surface area contributed by atoms with Crippen LogP contribution in [0.25, 0.3) is 0 Å². The van der Waals surface area contributed by atoms with E-state index in [0.29, 0.717) is 22.6 Å². The molecule has 0 saturated heterocycles. The summed E-state index contributed by atoms with van der Waals surface area (Å²) in [5.41, 5.74) is 0.938. The van der Waals surface area contributed by atoms with Crippen molar-refractivity contribution in [2.24, 2.45) is 0 Å². The van der Waals surface area contributed by atoms with Gasteiger partial charge in [-0.1, -0.05) is 6.07 Å². The van der Waals surface area contributed by atoms with Gasteiger partial charge in [-0.3, -0.25) is 4.79 Å². The number of rotatable bonds is 0. The van der Waals surface area contributed by atoms with Gasteiger partial charge in [-0.15, -0.1) is 0 Å². The standard InChI is InChI=1S/C11H8O5/c1-5-6-2-3-7-9(15-4-14-7)8(6)11(13)16-10(5)12/h2-3,5H,4H2,1H3. The summed E-state index contributed by atoms with van der Waals surface area (Å²) < 4.78 is 15.0. The Hall–Kier alpha value is -2.04. The first-order valence-electron chi connectivity index (χ1n) is 4.87. The van der Waals surface area contributed by atoms with E-state index in [1.54, 1.807) is 19.1 Å². The number of fused-ring (bicyclic) bond motifs is 3. The fourth-order valence-corrected chi connectivity index (χ4v) is 1.92. The van der Waals surface area contributed by atoms with Gasteiger partial charge in [0.15, 0.2) is 11.5 Å². The molecule has 2 heterocycles. The van der Waals surface area contributed by atoms with E-state index < -0.39 is 17.9 Å². The van der Waals surface area contributed by atoms with Crippen LogP contribution in [0.1, 0.15) is 28.8 Å². The molecule has 0 aliphatic carbocycles. The van der Waals surface area contributed by atoms with Gasteiger partial charge in [0.2, 0.25) is 6.79 Å². The van der Waals surface area contributed by atoms with E-state index in [-0.39, 0.29) is 6.79 Å². The number of hydrogen-bond donors (Lipinski definition) is 0. The Labute approximate surface area is 90.9 Å². The first kappa shape index (κ1) is 9.21. The van der Waals surface area contributed by atoms with Crippen molar-refractivity contribution in [1.82, 2.24) is 0 Å². The summed E-state index contributed by atoms with van der Waals surface area (Å²) in [4.78, 5) is 23.0. The van der Waals surface area contributed by atoms with Crippen molar-refractivity contribution >= 4 is 11.9 Å². The zero-order valence-corrected chi connectivity index (χ0v) is 8.48. The SMILES string of the molecule is CC1C(=O)OC(=O)c2c1ccc1c2OCO1. The smallest absolute Gasteiger partial charge is 0.350 e. The largest absolute Gasteiger partial charge is 0.454 e. The highest BCUT2D eigenvalue weighted by molar-refractivity contribution is 6.06. The van der Waals surface area contributed by atoms with E-state index in [1.807, 2.05) is 0 Å². The van der Waals surface area contributed by atoms with Crippen LogP contribution in [0.4, 0.5) is 0 Å². The molecule has 0 bridgehead atoms. The predicted octanol–water partition coefficient (Wildman–Crippen LogP) is 1.22. The number of benzene rings is 1. The lowest BCUT2D eigenvalue weighted by Gasteiger charge is -2.20. The van der Waals surface area contributed by atoms with E-state index in [9.17, 15) is 9.59 Å². The Balaban J connectivity index is 2.26. The van der Waals surface area contributed by atoms with Crippen LogP contribution in [0.5, 0.6) is 11.5 Å². The monoisotopic (exact) mass is 220 g/mol. The van der Waals surface area contributed by atoms with E-state index in [4.69, 9.17) is 9.47 Å². The second-order valence-corrected chi connectivity index (χ2v) is 3.69. The van der Waals surface area contributed by atoms with Crippen LogP contribution < -0.4 is 9.47 Å². The maximum atomic E-state index is 11.6. The molecule has 0 radical (unpaired) electrons. The molecule has 2 aliphatic heterocycles. The minimum atomic E-state index is -0.666. The molecule has 0 amide bonds. The van der Waals surface area contributed by atoms with Crippen LogP contribution in [0.15, 0.2) is 12.1 Å². The Bertz CT molecular complexity index is 505. The van der Waals surface area contributed by atoms with Crippen molar-refractivity contribution in [2.45, 2.75) is 12.8 Å². The van der Waals surface area contributed by atoms with Gasteiger partial charge in [0.1, 0.15) is 5.56 Å². The van der Waals surface area contributed by atoms with Crippen LogP contribution >= 0.6 is 0 Å². The topological polar surface area (TPSA) is 61.8 Å². The van der Waals surface area contributed by atoms with Gasteiger partial charge in [0, 0.05) is 0 Å². The molecule has 5 heteroatoms. The number of carbonyl (C=O) groups is 2. The van der Waals surface area contributed by atoms with Gasteiger partial charge in [0.05, 0.1) is 5.92 Å². The quantitative estimate of drug-likeness (QED) is 0.486. The van der Waals surface area contributed by atoms with E-state index in [1.165, 1.54) is 0 Å². The van der Waals surface area contributed by atoms with Crippen LogP contribution in [0.2, 0.25) is 0 Å². The summed E-state index contributed by atoms with van der Waals surface area (Å²) in [6.07, 6.45) is 0. The molecule has 2 aliphatic rings. The van der Waals surface area contributed by atoms with Gasteiger partial charge in [0.25, 0.3) is 0 Å². The maximum Gasteiger partial charge on any atom is 0.350 e. The average Bonchev–Trinajstić information content (AvgIpc) is 2.72. The third-order valence-electron chi connectivity index (χ3n) is 2.79. The molecule has 1 aromatic rings. The van der Waals surface area contributed by atoms with E-state index in [2.05, 4.69) is 4.74 Å². The maximum absolute atomic E-state index is 11.6. The number of hydrogen-bond acceptors (Lipinski definition) is 5. The first-order chi connectivity index (χ1) is 7.68. The molecule has 1 unspecified atom stereocenters. The molecular weight excluding hydrogens is 212 g/mol. The van der Waals surface area contributed by atoms with Gasteiger partial charge >= 0.3 is 11.9 Å². The molecule has 0 aromatic heterocycles. The summed E-state index contributed by atoms with van der Waals surface area (Å²) >= 11 is 0. The summed E-state index contributed by atoms with van der Waals surface area (Å²) in [7, 11) is 0. The molecule has 82 valence electrons. The number of ether oxygens (including phenoxy) is 3. The Morgan fingerprint density at radius 3 is 2.88 bits per heavy atom. The van der Waals surface area contributed by atoms with E-state index >= 15 is 0 Å². The molecular formula is C11H8O5. The fraction of sp³-hybridized carbons (Fsp3) is 0.273. The highest BCUT2D eigenvalue weighted by Gasteiger charge is 2.36. The van der Waals surface area contributed by atoms with Gasteiger partial charge in [-0.2, -0.15) is 0 Å². The van der Waals surface area contributed by atoms with Crippen molar-refractivity contribution in [2.75, 3.05) is 6.79 Å². The third kappa shape index (κ3) is 1.05. The van der Waals surface area contributed by atoms with Crippen molar-refractivity contribution in [3.63, 3.8) is 0 Å². The zero-order chi connectivity index (χ0) is 11.3. The Kier molecular flexibility index (Phi) is 1.71. The average molecular weight is 220 g/mol. The predicted molar refractivity (Wildman–Crippen MR) is 51.4 cm³/mol. The molecule has 1 atom stereocenters. The van der Waals surface area contributed by atoms with Gasteiger partial charge in [-0.25, -0.2) is 4.79 Å². The highest BCUT2D eigenvalue weighted by Crippen LogP contribution is 2.42. The lowest BCUT2D eigenvalue weighted by atomic mass is 9.92. The van der Waals surface area contributed by atoms with Crippen molar-refractivity contribution in [1.29, 1.82) is 0 Å². The van der Waals surface area contributed by atoms with Gasteiger partial charge < -0.3 is 14.2 Å². The molecule has 0 saturated carbocycles. The number of cyclic esters (lactones) is 2. The number of carbonyl (C=O) groups excluding carboxylic acids is 2. The molecule has 0 N–H and O–H groups in total. The van der Waals surface area contributed by atoms with Crippen LogP contribution in [0, 0.1) is 0 Å². The van der Waals surface area contributed by atoms with Crippen molar-refractivity contribution in [3.05, 3.63) is 23.3 Å². The zero-order valence-electron chi connectivity index (χ0n) is 8.48. The molecule has 5 nitrogen and oxygen atoms in total. The minimum Gasteiger partial charge on any atom is -0.454 e. The summed E-state index contributed by atoms with van der Waals surface area (Å²) in [6, 6.07) is 3.40. The Morgan fingerprint density at radius 2 is 2.06 bits per heavy atom. The second-order valence-electron chi connectivity index (χ2n) is 3.69. The second kappa shape index (κ2) is 2.98. The van der Waals surface area contributed by atoms with Crippen LogP contribution in [-0.2, 0) is 9.53 Å². The lowest BCUT2D eigenvalue weighted by Crippen LogP contribution is -2.26. The molecule has 1 aromatic carbocycles. The third-order valence-corrected chi connectivity index (χ3v) is 2.79. The summed E-state index contributed by atoms with van der Waals surface area (Å²) in [6.45, 7) is 1.78. The normalized spacial score (nSPS) is 21.7. The highest BCUT2D eigenvalue weighted by atomic mass is 16.7. The molecule has 0 fully saturated rings. The van der Waals surface area contributed by atoms with Crippen molar-refractivity contribution in [3.8, 4) is 11.5 Å². The lowest BCUT2D eigenvalue weighted by molar-refractivity contribution is -0.140. The first-order valence-corrected chi connectivity index (χ1v) is 4.87. The van der Waals surface area contributed by atoms with E-state index in [0.717, 1.165) is 0 Å². The van der Waals surface area contributed by atoms with Crippen LogP contribution in [-0.4, -0.2) is 18.7 Å². The summed E-state index contributed by atoms with van der Waals surface area (Å²) in [5, 5.41) is 0. The Morgan fingerprint density at radius 1 is 1.25 bits per heavy atom. The summed E-state index contributed by atoms with van der Waals surface area (Å²) in [5.74, 6) is -0.766. The van der Waals surface area contributed by atoms with Gasteiger partial charge in [-0.05, 0) is 18.6 Å². The minimum absolute atomic E-state index is 0.0847. The molecule has 3 rings (SSSR count). The fourth-order valence-electron chi connectivity index (χ4n) is 1.92. The number of esters is 2. The van der Waals surface area contributed by atoms with Crippen molar-refractivity contribution < 1.29 is 23.8 Å². The van der Waals surface area contributed by atoms with Crippen LogP contribution in [0.3, 0.4) is 0 Å².